The molecule has 4 rings (SSSR count). The SMILES string of the molecule is Cc1nc(N2CC3CC3C2)ncc1Cn1cc(C(=O)[O-])nn1.[Li+]. The van der Waals surface area contributed by atoms with Crippen molar-refractivity contribution >= 4 is 11.9 Å². The van der Waals surface area contributed by atoms with E-state index in [1.807, 2.05) is 6.92 Å². The van der Waals surface area contributed by atoms with Gasteiger partial charge in [-0.15, -0.1) is 5.10 Å². The summed E-state index contributed by atoms with van der Waals surface area (Å²) in [6.07, 6.45) is 4.47. The number of hydrogen-bond donors (Lipinski definition) is 0. The molecular formula is C14H15LiN6O2. The fourth-order valence-corrected chi connectivity index (χ4v) is 2.99. The number of aromatic nitrogens is 5. The fourth-order valence-electron chi connectivity index (χ4n) is 2.99. The summed E-state index contributed by atoms with van der Waals surface area (Å²) in [5.74, 6) is 1.12. The van der Waals surface area contributed by atoms with Gasteiger partial charge in [0.25, 0.3) is 0 Å². The predicted molar refractivity (Wildman–Crippen MR) is 74.0 cm³/mol. The van der Waals surface area contributed by atoms with Gasteiger partial charge in [0, 0.05) is 30.5 Å². The van der Waals surface area contributed by atoms with E-state index in [0.717, 1.165) is 42.1 Å². The molecule has 2 aromatic rings. The molecule has 0 spiro atoms. The second kappa shape index (κ2) is 5.94. The Labute approximate surface area is 145 Å². The first-order chi connectivity index (χ1) is 10.6. The summed E-state index contributed by atoms with van der Waals surface area (Å²) >= 11 is 0. The summed E-state index contributed by atoms with van der Waals surface area (Å²) in [7, 11) is 0. The second-order valence-corrected chi connectivity index (χ2v) is 6.03. The number of nitrogens with zero attached hydrogens (tertiary/aromatic N) is 6. The molecule has 23 heavy (non-hydrogen) atoms. The van der Waals surface area contributed by atoms with Crippen molar-refractivity contribution in [2.75, 3.05) is 18.0 Å². The summed E-state index contributed by atoms with van der Waals surface area (Å²) in [5, 5.41) is 18.0. The molecule has 0 aromatic carbocycles. The third-order valence-corrected chi connectivity index (χ3v) is 4.41. The van der Waals surface area contributed by atoms with E-state index in [1.165, 1.54) is 17.3 Å². The molecule has 1 saturated carbocycles. The maximum absolute atomic E-state index is 10.7. The van der Waals surface area contributed by atoms with Gasteiger partial charge in [-0.1, -0.05) is 5.21 Å². The van der Waals surface area contributed by atoms with Crippen molar-refractivity contribution in [2.45, 2.75) is 19.9 Å². The summed E-state index contributed by atoms with van der Waals surface area (Å²) < 4.78 is 1.45. The molecule has 2 unspecified atom stereocenters. The number of rotatable bonds is 4. The Balaban J connectivity index is 0.00000156. The number of hydrogen-bond acceptors (Lipinski definition) is 7. The Bertz CT molecular complexity index is 739. The van der Waals surface area contributed by atoms with Crippen molar-refractivity contribution in [3.05, 3.63) is 29.3 Å². The third-order valence-electron chi connectivity index (χ3n) is 4.41. The van der Waals surface area contributed by atoms with Crippen LogP contribution in [0.5, 0.6) is 0 Å². The molecule has 0 amide bonds. The molecule has 2 fully saturated rings. The van der Waals surface area contributed by atoms with Crippen molar-refractivity contribution in [3.8, 4) is 0 Å². The first-order valence-electron chi connectivity index (χ1n) is 7.29. The zero-order valence-corrected chi connectivity index (χ0v) is 13.1. The van der Waals surface area contributed by atoms with Gasteiger partial charge in [-0.05, 0) is 25.2 Å². The molecule has 0 radical (unpaired) electrons. The van der Waals surface area contributed by atoms with Crippen LogP contribution in [0, 0.1) is 18.8 Å². The Kier molecular flexibility index (Phi) is 4.13. The average molecular weight is 306 g/mol. The molecule has 2 aliphatic rings. The molecule has 0 N–H and O–H groups in total. The quantitative estimate of drug-likeness (QED) is 0.535. The van der Waals surface area contributed by atoms with E-state index in [4.69, 9.17) is 0 Å². The van der Waals surface area contributed by atoms with Gasteiger partial charge in [-0.3, -0.25) is 0 Å². The molecule has 0 bridgehead atoms. The number of anilines is 1. The van der Waals surface area contributed by atoms with Crippen molar-refractivity contribution in [2.24, 2.45) is 11.8 Å². The largest absolute Gasteiger partial charge is 1.00 e. The topological polar surface area (TPSA) is 99.9 Å². The molecule has 114 valence electrons. The smallest absolute Gasteiger partial charge is 0.543 e. The van der Waals surface area contributed by atoms with Crippen LogP contribution in [0.15, 0.2) is 12.4 Å². The number of carboxylic acid groups (broad SMARTS) is 1. The minimum Gasteiger partial charge on any atom is -0.543 e. The van der Waals surface area contributed by atoms with Crippen LogP contribution in [0.1, 0.15) is 28.2 Å². The van der Waals surface area contributed by atoms with Crippen LogP contribution in [0.4, 0.5) is 5.95 Å². The Morgan fingerprint density at radius 1 is 1.39 bits per heavy atom. The maximum atomic E-state index is 10.7. The van der Waals surface area contributed by atoms with Crippen LogP contribution in [0.3, 0.4) is 0 Å². The molecule has 9 heteroatoms. The molecule has 1 aliphatic carbocycles. The number of carbonyl (C=O) groups is 1. The minimum atomic E-state index is -1.33. The van der Waals surface area contributed by atoms with Gasteiger partial charge < -0.3 is 14.8 Å². The second-order valence-electron chi connectivity index (χ2n) is 6.03. The number of fused-ring (bicyclic) bond motifs is 1. The van der Waals surface area contributed by atoms with Crippen LogP contribution in [-0.2, 0) is 6.54 Å². The van der Waals surface area contributed by atoms with Gasteiger partial charge in [0.15, 0.2) is 0 Å². The summed E-state index contributed by atoms with van der Waals surface area (Å²) in [6.45, 7) is 4.43. The fraction of sp³-hybridized carbons (Fsp3) is 0.500. The number of piperidine rings is 1. The van der Waals surface area contributed by atoms with Crippen molar-refractivity contribution in [1.82, 2.24) is 25.0 Å². The number of aryl methyl sites for hydroxylation is 1. The van der Waals surface area contributed by atoms with Crippen LogP contribution < -0.4 is 28.9 Å². The molecular weight excluding hydrogens is 291 g/mol. The molecule has 2 atom stereocenters. The van der Waals surface area contributed by atoms with E-state index in [9.17, 15) is 9.90 Å². The molecule has 1 saturated heterocycles. The van der Waals surface area contributed by atoms with E-state index in [-0.39, 0.29) is 24.6 Å². The van der Waals surface area contributed by atoms with E-state index in [1.54, 1.807) is 6.20 Å². The Morgan fingerprint density at radius 2 is 2.13 bits per heavy atom. The van der Waals surface area contributed by atoms with Crippen LogP contribution >= 0.6 is 0 Å². The van der Waals surface area contributed by atoms with Crippen LogP contribution in [0.2, 0.25) is 0 Å². The summed E-state index contributed by atoms with van der Waals surface area (Å²) in [6, 6.07) is 0. The van der Waals surface area contributed by atoms with Gasteiger partial charge in [-0.2, -0.15) is 0 Å². The molecule has 2 aromatic heterocycles. The Hall–Kier alpha value is -1.91. The minimum absolute atomic E-state index is 0. The summed E-state index contributed by atoms with van der Waals surface area (Å²) in [5.41, 5.74) is 1.59. The first kappa shape index (κ1) is 16.0. The third kappa shape index (κ3) is 3.09. The zero-order valence-electron chi connectivity index (χ0n) is 13.1. The predicted octanol–water partition coefficient (Wildman–Crippen LogP) is -3.75. The normalized spacial score (nSPS) is 21.7. The molecule has 3 heterocycles. The molecule has 1 aliphatic heterocycles. The maximum Gasteiger partial charge on any atom is 1.00 e. The van der Waals surface area contributed by atoms with Crippen molar-refractivity contribution in [1.29, 1.82) is 0 Å². The van der Waals surface area contributed by atoms with Gasteiger partial charge in [-0.25, -0.2) is 14.6 Å². The summed E-state index contributed by atoms with van der Waals surface area (Å²) in [4.78, 5) is 21.9. The van der Waals surface area contributed by atoms with Gasteiger partial charge in [0.2, 0.25) is 5.95 Å². The zero-order chi connectivity index (χ0) is 15.3. The number of carboxylic acids is 1. The number of carbonyl (C=O) groups excluding carboxylic acids is 1. The van der Waals surface area contributed by atoms with Gasteiger partial charge in [0.05, 0.1) is 18.7 Å². The van der Waals surface area contributed by atoms with E-state index < -0.39 is 5.97 Å². The van der Waals surface area contributed by atoms with E-state index >= 15 is 0 Å². The number of aromatic carboxylic acids is 1. The van der Waals surface area contributed by atoms with Gasteiger partial charge >= 0.3 is 18.9 Å². The average Bonchev–Trinajstić information content (AvgIpc) is 2.89. The standard InChI is InChI=1S/C14H16N6O2.Li/c1-8-11(6-20-7-12(13(21)22)17-18-20)3-15-14(16-8)19-4-9-2-10(9)5-19;/h3,7,9-10H,2,4-6H2,1H3,(H,21,22);/q;+1/p-1. The van der Waals surface area contributed by atoms with Crippen LogP contribution in [-0.4, -0.2) is 44.0 Å². The van der Waals surface area contributed by atoms with Crippen molar-refractivity contribution in [3.63, 3.8) is 0 Å². The monoisotopic (exact) mass is 306 g/mol. The van der Waals surface area contributed by atoms with E-state index in [0.29, 0.717) is 6.54 Å². The van der Waals surface area contributed by atoms with Crippen molar-refractivity contribution < 1.29 is 28.8 Å². The first-order valence-corrected chi connectivity index (χ1v) is 7.29. The van der Waals surface area contributed by atoms with Gasteiger partial charge in [0.1, 0.15) is 5.69 Å². The molecule has 8 nitrogen and oxygen atoms in total. The van der Waals surface area contributed by atoms with E-state index in [2.05, 4.69) is 25.2 Å². The Morgan fingerprint density at radius 3 is 2.74 bits per heavy atom. The van der Waals surface area contributed by atoms with Crippen LogP contribution in [0.25, 0.3) is 0 Å².